The summed E-state index contributed by atoms with van der Waals surface area (Å²) in [6.45, 7) is 4.97. The Morgan fingerprint density at radius 1 is 0.737 bits per heavy atom. The second-order valence-corrected chi connectivity index (χ2v) is 10.2. The summed E-state index contributed by atoms with van der Waals surface area (Å²) in [4.78, 5) is 0. The summed E-state index contributed by atoms with van der Waals surface area (Å²) in [5, 5.41) is 3.29. The van der Waals surface area contributed by atoms with E-state index in [0.29, 0.717) is 0 Å². The van der Waals surface area contributed by atoms with Crippen LogP contribution in [-0.2, 0) is 0 Å². The van der Waals surface area contributed by atoms with E-state index >= 15 is 0 Å². The van der Waals surface area contributed by atoms with E-state index in [4.69, 9.17) is 0 Å². The van der Waals surface area contributed by atoms with E-state index in [2.05, 4.69) is 73.8 Å². The van der Waals surface area contributed by atoms with Crippen molar-refractivity contribution >= 4 is 18.8 Å². The lowest BCUT2D eigenvalue weighted by Crippen LogP contribution is -2.46. The Balaban J connectivity index is 2.03. The average molecular weight is 264 g/mol. The molecule has 0 unspecified atom stereocenters. The first kappa shape index (κ1) is 12.4. The molecule has 0 spiro atoms. The van der Waals surface area contributed by atoms with Crippen molar-refractivity contribution in [3.63, 3.8) is 0 Å². The summed E-state index contributed by atoms with van der Waals surface area (Å²) >= 11 is 0. The Labute approximate surface area is 116 Å². The smallest absolute Gasteiger partial charge is 0.0720 e. The van der Waals surface area contributed by atoms with Gasteiger partial charge in [0.05, 0.1) is 0 Å². The van der Waals surface area contributed by atoms with E-state index in [1.807, 2.05) is 0 Å². The summed E-state index contributed by atoms with van der Waals surface area (Å²) in [5.74, 6) is 0. The molecule has 0 saturated carbocycles. The van der Waals surface area contributed by atoms with Crippen molar-refractivity contribution in [3.8, 4) is 0 Å². The third kappa shape index (κ3) is 2.19. The van der Waals surface area contributed by atoms with Crippen molar-refractivity contribution in [2.75, 3.05) is 0 Å². The molecule has 0 heterocycles. The van der Waals surface area contributed by atoms with Crippen LogP contribution in [0.5, 0.6) is 0 Å². The van der Waals surface area contributed by atoms with Crippen LogP contribution in [0.15, 0.2) is 65.9 Å². The molecule has 19 heavy (non-hydrogen) atoms. The zero-order chi connectivity index (χ0) is 13.3. The summed E-state index contributed by atoms with van der Waals surface area (Å²) < 4.78 is 0. The molecule has 0 fully saturated rings. The zero-order valence-corrected chi connectivity index (χ0v) is 12.7. The number of hydrogen-bond donors (Lipinski definition) is 0. The maximum Gasteiger partial charge on any atom is 0.107 e. The summed E-state index contributed by atoms with van der Waals surface area (Å²) in [6, 6.07) is 22.0. The molecule has 0 bridgehead atoms. The fourth-order valence-corrected chi connectivity index (χ4v) is 6.20. The van der Waals surface area contributed by atoms with E-state index in [-0.39, 0.29) is 0 Å². The Morgan fingerprint density at radius 2 is 1.32 bits per heavy atom. The molecule has 2 aromatic rings. The molecule has 0 aromatic heterocycles. The summed E-state index contributed by atoms with van der Waals surface area (Å²) in [6.07, 6.45) is 2.54. The minimum absolute atomic E-state index is 1.25. The first-order valence-corrected chi connectivity index (χ1v) is 10.0. The van der Waals surface area contributed by atoms with Gasteiger partial charge in [-0.2, -0.15) is 0 Å². The molecule has 0 aliphatic heterocycles. The molecule has 0 saturated heterocycles. The van der Waals surface area contributed by atoms with Gasteiger partial charge in [0, 0.05) is 0 Å². The zero-order valence-electron chi connectivity index (χ0n) is 11.7. The van der Waals surface area contributed by atoms with Crippen LogP contribution in [0.3, 0.4) is 0 Å². The van der Waals surface area contributed by atoms with Gasteiger partial charge in [-0.25, -0.2) is 0 Å². The van der Waals surface area contributed by atoms with Crippen LogP contribution in [0, 0.1) is 0 Å². The first-order chi connectivity index (χ1) is 9.19. The van der Waals surface area contributed by atoms with Crippen LogP contribution >= 0.6 is 0 Å². The van der Waals surface area contributed by atoms with E-state index in [1.165, 1.54) is 18.4 Å². The maximum absolute atomic E-state index is 2.49. The summed E-state index contributed by atoms with van der Waals surface area (Å²) in [5.41, 5.74) is 3.04. The SMILES string of the molecule is C[Si](C)(C1=C(c2ccccc2)CC1)c1ccccc1. The maximum atomic E-state index is 2.49. The molecule has 0 amide bonds. The quantitative estimate of drug-likeness (QED) is 0.721. The van der Waals surface area contributed by atoms with Crippen molar-refractivity contribution in [2.24, 2.45) is 0 Å². The van der Waals surface area contributed by atoms with Crippen LogP contribution in [0.1, 0.15) is 18.4 Å². The lowest BCUT2D eigenvalue weighted by molar-refractivity contribution is 0.951. The lowest BCUT2D eigenvalue weighted by atomic mass is 9.91. The van der Waals surface area contributed by atoms with Gasteiger partial charge in [-0.15, -0.1) is 0 Å². The average Bonchev–Trinajstić information content (AvgIpc) is 2.39. The predicted molar refractivity (Wildman–Crippen MR) is 86.2 cm³/mol. The van der Waals surface area contributed by atoms with E-state index in [9.17, 15) is 0 Å². The fourth-order valence-electron chi connectivity index (χ4n) is 3.05. The predicted octanol–water partition coefficient (Wildman–Crippen LogP) is 4.39. The van der Waals surface area contributed by atoms with Gasteiger partial charge < -0.3 is 0 Å². The molecule has 0 N–H and O–H groups in total. The fraction of sp³-hybridized carbons (Fsp3) is 0.222. The highest BCUT2D eigenvalue weighted by Gasteiger charge is 2.34. The second kappa shape index (κ2) is 4.82. The molecule has 3 rings (SSSR count). The van der Waals surface area contributed by atoms with Gasteiger partial charge in [0.1, 0.15) is 8.07 Å². The summed E-state index contributed by atoms with van der Waals surface area (Å²) in [7, 11) is -1.46. The first-order valence-electron chi connectivity index (χ1n) is 7.03. The number of allylic oxidation sites excluding steroid dienone is 2. The monoisotopic (exact) mass is 264 g/mol. The third-order valence-corrected chi connectivity index (χ3v) is 8.20. The van der Waals surface area contributed by atoms with Crippen LogP contribution in [-0.4, -0.2) is 8.07 Å². The molecule has 1 aliphatic carbocycles. The normalized spacial score (nSPS) is 15.3. The molecule has 96 valence electrons. The van der Waals surface area contributed by atoms with E-state index in [0.717, 1.165) is 0 Å². The Hall–Kier alpha value is -1.60. The number of benzene rings is 2. The van der Waals surface area contributed by atoms with Gasteiger partial charge in [-0.05, 0) is 24.0 Å². The Bertz CT molecular complexity index is 594. The van der Waals surface area contributed by atoms with Crippen molar-refractivity contribution in [1.82, 2.24) is 0 Å². The molecule has 1 heteroatoms. The minimum Gasteiger partial charge on any atom is -0.0720 e. The van der Waals surface area contributed by atoms with Gasteiger partial charge in [-0.1, -0.05) is 84.1 Å². The van der Waals surface area contributed by atoms with Crippen LogP contribution in [0.4, 0.5) is 0 Å². The molecule has 0 atom stereocenters. The topological polar surface area (TPSA) is 0 Å². The second-order valence-electron chi connectivity index (χ2n) is 5.81. The lowest BCUT2D eigenvalue weighted by Gasteiger charge is -2.36. The van der Waals surface area contributed by atoms with E-state index < -0.39 is 8.07 Å². The number of hydrogen-bond acceptors (Lipinski definition) is 0. The molecule has 0 radical (unpaired) electrons. The molecule has 2 aromatic carbocycles. The molecular weight excluding hydrogens is 244 g/mol. The van der Waals surface area contributed by atoms with Gasteiger partial charge in [0.25, 0.3) is 0 Å². The van der Waals surface area contributed by atoms with Crippen LogP contribution < -0.4 is 5.19 Å². The van der Waals surface area contributed by atoms with E-state index in [1.54, 1.807) is 16.0 Å². The van der Waals surface area contributed by atoms with Gasteiger partial charge in [0.15, 0.2) is 0 Å². The largest absolute Gasteiger partial charge is 0.107 e. The standard InChI is InChI=1S/C18H20Si/c1-19(2,16-11-7-4-8-12-16)18-14-13-17(18)15-9-5-3-6-10-15/h3-12H,13-14H2,1-2H3. The van der Waals surface area contributed by atoms with Gasteiger partial charge in [-0.3, -0.25) is 0 Å². The van der Waals surface area contributed by atoms with Crippen LogP contribution in [0.2, 0.25) is 13.1 Å². The van der Waals surface area contributed by atoms with Crippen LogP contribution in [0.25, 0.3) is 5.57 Å². The molecule has 1 aliphatic rings. The minimum atomic E-state index is -1.46. The van der Waals surface area contributed by atoms with Gasteiger partial charge in [0.2, 0.25) is 0 Å². The van der Waals surface area contributed by atoms with Crippen molar-refractivity contribution in [2.45, 2.75) is 25.9 Å². The van der Waals surface area contributed by atoms with Crippen molar-refractivity contribution < 1.29 is 0 Å². The third-order valence-electron chi connectivity index (χ3n) is 4.36. The van der Waals surface area contributed by atoms with Crippen molar-refractivity contribution in [1.29, 1.82) is 0 Å². The van der Waals surface area contributed by atoms with Gasteiger partial charge >= 0.3 is 0 Å². The number of rotatable bonds is 3. The highest BCUT2D eigenvalue weighted by Crippen LogP contribution is 2.40. The molecular formula is C18H20Si. The highest BCUT2D eigenvalue weighted by molar-refractivity contribution is 6.96. The Kier molecular flexibility index (Phi) is 3.15. The Morgan fingerprint density at radius 3 is 1.84 bits per heavy atom. The molecule has 0 nitrogen and oxygen atoms in total. The van der Waals surface area contributed by atoms with Crippen molar-refractivity contribution in [3.05, 3.63) is 71.4 Å². The highest BCUT2D eigenvalue weighted by atomic mass is 28.3.